The Balaban J connectivity index is 1.40. The fourth-order valence-electron chi connectivity index (χ4n) is 2.85. The number of hydrogen-bond donors (Lipinski definition) is 0. The molecule has 0 fully saturated rings. The zero-order chi connectivity index (χ0) is 21.1. The number of anilines is 1. The van der Waals surface area contributed by atoms with Gasteiger partial charge in [0.1, 0.15) is 0 Å². The summed E-state index contributed by atoms with van der Waals surface area (Å²) in [5.41, 5.74) is 1.85. The first kappa shape index (κ1) is 19.7. The average Bonchev–Trinajstić information content (AvgIpc) is 3.38. The lowest BCUT2D eigenvalue weighted by molar-refractivity contribution is -0.121. The summed E-state index contributed by atoms with van der Waals surface area (Å²) in [5, 5.41) is 4.32. The number of esters is 1. The van der Waals surface area contributed by atoms with E-state index in [9.17, 15) is 9.59 Å². The monoisotopic (exact) mass is 422 g/mol. The molecular formula is C21H18N4O4S. The molecule has 0 unspecified atom stereocenters. The number of aryl methyl sites for hydroxylation is 1. The van der Waals surface area contributed by atoms with Gasteiger partial charge in [-0.1, -0.05) is 28.6 Å². The molecule has 0 saturated heterocycles. The van der Waals surface area contributed by atoms with Crippen molar-refractivity contribution in [3.63, 3.8) is 0 Å². The predicted octanol–water partition coefficient (Wildman–Crippen LogP) is 3.86. The minimum absolute atomic E-state index is 0.325. The van der Waals surface area contributed by atoms with Crippen LogP contribution in [0.3, 0.4) is 0 Å². The van der Waals surface area contributed by atoms with Crippen molar-refractivity contribution in [2.45, 2.75) is 13.8 Å². The van der Waals surface area contributed by atoms with E-state index in [4.69, 9.17) is 9.26 Å². The summed E-state index contributed by atoms with van der Waals surface area (Å²) in [7, 11) is 0. The highest BCUT2D eigenvalue weighted by Gasteiger charge is 2.20. The summed E-state index contributed by atoms with van der Waals surface area (Å²) in [6.07, 6.45) is 0. The molecule has 4 aromatic rings. The molecule has 0 aliphatic heterocycles. The van der Waals surface area contributed by atoms with Crippen LogP contribution in [0.2, 0.25) is 0 Å². The van der Waals surface area contributed by atoms with E-state index in [1.165, 1.54) is 16.2 Å². The van der Waals surface area contributed by atoms with Crippen LogP contribution in [0, 0.1) is 6.92 Å². The second kappa shape index (κ2) is 8.42. The quantitative estimate of drug-likeness (QED) is 0.435. The van der Waals surface area contributed by atoms with E-state index in [0.29, 0.717) is 34.5 Å². The average molecular weight is 422 g/mol. The third-order valence-corrected chi connectivity index (χ3v) is 5.41. The zero-order valence-corrected chi connectivity index (χ0v) is 17.2. The van der Waals surface area contributed by atoms with Gasteiger partial charge in [-0.2, -0.15) is 4.98 Å². The first-order chi connectivity index (χ1) is 14.5. The van der Waals surface area contributed by atoms with Gasteiger partial charge in [0.2, 0.25) is 0 Å². The minimum Gasteiger partial charge on any atom is -0.452 e. The van der Waals surface area contributed by atoms with Crippen molar-refractivity contribution >= 4 is 38.6 Å². The van der Waals surface area contributed by atoms with Crippen molar-refractivity contribution in [2.75, 3.05) is 18.1 Å². The number of aromatic nitrogens is 3. The number of amides is 1. The maximum Gasteiger partial charge on any atom is 0.338 e. The normalized spacial score (nSPS) is 10.9. The number of para-hydroxylation sites is 1. The Hall–Kier alpha value is -3.59. The van der Waals surface area contributed by atoms with Gasteiger partial charge in [0, 0.05) is 12.1 Å². The van der Waals surface area contributed by atoms with Crippen LogP contribution in [-0.4, -0.2) is 40.2 Å². The number of likely N-dealkylation sites (N-methyl/N-ethyl adjacent to an activating group) is 1. The molecule has 0 spiro atoms. The summed E-state index contributed by atoms with van der Waals surface area (Å²) in [6.45, 7) is 3.63. The van der Waals surface area contributed by atoms with Crippen molar-refractivity contribution in [1.29, 1.82) is 0 Å². The third kappa shape index (κ3) is 4.06. The van der Waals surface area contributed by atoms with E-state index >= 15 is 0 Å². The molecule has 0 atom stereocenters. The van der Waals surface area contributed by atoms with E-state index in [2.05, 4.69) is 15.1 Å². The van der Waals surface area contributed by atoms with E-state index in [1.807, 2.05) is 31.2 Å². The zero-order valence-electron chi connectivity index (χ0n) is 16.4. The number of thiazole rings is 1. The molecule has 0 saturated carbocycles. The Morgan fingerprint density at radius 1 is 1.10 bits per heavy atom. The van der Waals surface area contributed by atoms with Gasteiger partial charge in [-0.3, -0.25) is 9.69 Å². The van der Waals surface area contributed by atoms with Crippen LogP contribution in [-0.2, 0) is 9.53 Å². The molecule has 9 heteroatoms. The van der Waals surface area contributed by atoms with Crippen molar-refractivity contribution < 1.29 is 18.8 Å². The molecule has 0 N–H and O–H groups in total. The van der Waals surface area contributed by atoms with Crippen LogP contribution in [0.15, 0.2) is 53.1 Å². The summed E-state index contributed by atoms with van der Waals surface area (Å²) in [4.78, 5) is 35.1. The van der Waals surface area contributed by atoms with Crippen LogP contribution in [0.4, 0.5) is 5.13 Å². The SMILES string of the molecule is CCN(C(=O)COC(=O)c1ccc(-c2nc(C)no2)cc1)c1nc2ccccc2s1. The van der Waals surface area contributed by atoms with Crippen LogP contribution >= 0.6 is 11.3 Å². The summed E-state index contributed by atoms with van der Waals surface area (Å²) < 4.78 is 11.3. The maximum absolute atomic E-state index is 12.6. The molecule has 2 aromatic carbocycles. The Morgan fingerprint density at radius 2 is 1.87 bits per heavy atom. The van der Waals surface area contributed by atoms with Crippen LogP contribution in [0.1, 0.15) is 23.1 Å². The number of carbonyl (C=O) groups excluding carboxylic acids is 2. The summed E-state index contributed by atoms with van der Waals surface area (Å²) in [6, 6.07) is 14.2. The largest absolute Gasteiger partial charge is 0.452 e. The van der Waals surface area contributed by atoms with Crippen LogP contribution in [0.5, 0.6) is 0 Å². The van der Waals surface area contributed by atoms with E-state index in [0.717, 1.165) is 10.2 Å². The number of rotatable bonds is 6. The molecule has 8 nitrogen and oxygen atoms in total. The van der Waals surface area contributed by atoms with Crippen molar-refractivity contribution in [3.05, 3.63) is 59.9 Å². The van der Waals surface area contributed by atoms with Gasteiger partial charge < -0.3 is 9.26 Å². The fourth-order valence-corrected chi connectivity index (χ4v) is 3.89. The number of nitrogens with zero attached hydrogens (tertiary/aromatic N) is 4. The molecule has 0 aliphatic carbocycles. The van der Waals surface area contributed by atoms with E-state index in [1.54, 1.807) is 31.2 Å². The highest BCUT2D eigenvalue weighted by atomic mass is 32.1. The molecule has 0 bridgehead atoms. The van der Waals surface area contributed by atoms with Crippen molar-refractivity contribution in [3.8, 4) is 11.5 Å². The van der Waals surface area contributed by atoms with E-state index < -0.39 is 5.97 Å². The first-order valence-corrected chi connectivity index (χ1v) is 10.1. The van der Waals surface area contributed by atoms with Gasteiger partial charge in [0.05, 0.1) is 15.8 Å². The topological polar surface area (TPSA) is 98.4 Å². The van der Waals surface area contributed by atoms with Crippen molar-refractivity contribution in [2.24, 2.45) is 0 Å². The standard InChI is InChI=1S/C21H18N4O4S/c1-3-25(21-23-16-6-4-5-7-17(16)30-21)18(26)12-28-20(27)15-10-8-14(9-11-15)19-22-13(2)24-29-19/h4-11H,3,12H2,1-2H3. The van der Waals surface area contributed by atoms with E-state index in [-0.39, 0.29) is 12.5 Å². The Morgan fingerprint density at radius 3 is 2.53 bits per heavy atom. The van der Waals surface area contributed by atoms with Gasteiger partial charge in [-0.15, -0.1) is 0 Å². The molecule has 0 aliphatic rings. The summed E-state index contributed by atoms with van der Waals surface area (Å²) >= 11 is 1.42. The van der Waals surface area contributed by atoms with Crippen LogP contribution in [0.25, 0.3) is 21.7 Å². The number of ether oxygens (including phenoxy) is 1. The number of fused-ring (bicyclic) bond motifs is 1. The van der Waals surface area contributed by atoms with Gasteiger partial charge in [-0.05, 0) is 50.2 Å². The summed E-state index contributed by atoms with van der Waals surface area (Å²) in [5.74, 6) is -0.0163. The molecule has 2 heterocycles. The second-order valence-electron chi connectivity index (χ2n) is 6.40. The highest BCUT2D eigenvalue weighted by molar-refractivity contribution is 7.22. The maximum atomic E-state index is 12.6. The number of hydrogen-bond acceptors (Lipinski definition) is 8. The Bertz CT molecular complexity index is 1170. The first-order valence-electron chi connectivity index (χ1n) is 9.29. The van der Waals surface area contributed by atoms with Gasteiger partial charge >= 0.3 is 5.97 Å². The fraction of sp³-hybridized carbons (Fsp3) is 0.190. The lowest BCUT2D eigenvalue weighted by Crippen LogP contribution is -2.34. The second-order valence-corrected chi connectivity index (χ2v) is 7.41. The molecule has 0 radical (unpaired) electrons. The lowest BCUT2D eigenvalue weighted by atomic mass is 10.1. The molecule has 4 rings (SSSR count). The Kier molecular flexibility index (Phi) is 5.53. The van der Waals surface area contributed by atoms with Crippen molar-refractivity contribution in [1.82, 2.24) is 15.1 Å². The molecule has 152 valence electrons. The highest BCUT2D eigenvalue weighted by Crippen LogP contribution is 2.28. The Labute approximate surface area is 176 Å². The molecule has 30 heavy (non-hydrogen) atoms. The molecule has 1 amide bonds. The third-order valence-electron chi connectivity index (χ3n) is 4.35. The molecule has 2 aromatic heterocycles. The minimum atomic E-state index is -0.586. The van der Waals surface area contributed by atoms with Crippen LogP contribution < -0.4 is 4.90 Å². The number of carbonyl (C=O) groups is 2. The predicted molar refractivity (Wildman–Crippen MR) is 112 cm³/mol. The molecular weight excluding hydrogens is 404 g/mol. The lowest BCUT2D eigenvalue weighted by Gasteiger charge is -2.17. The van der Waals surface area contributed by atoms with Gasteiger partial charge in [0.15, 0.2) is 17.6 Å². The number of benzene rings is 2. The van der Waals surface area contributed by atoms with Gasteiger partial charge in [-0.25, -0.2) is 9.78 Å². The van der Waals surface area contributed by atoms with Gasteiger partial charge in [0.25, 0.3) is 11.8 Å². The smallest absolute Gasteiger partial charge is 0.338 e.